The minimum atomic E-state index is -0.428. The molecule has 0 aliphatic carbocycles. The van der Waals surface area contributed by atoms with E-state index in [1.807, 2.05) is 24.3 Å². The van der Waals surface area contributed by atoms with Crippen molar-refractivity contribution < 1.29 is 13.9 Å². The Kier molecular flexibility index (Phi) is 4.73. The molecule has 0 unspecified atom stereocenters. The molecule has 6 nitrogen and oxygen atoms in total. The molecular weight excluding hydrogens is 409 g/mol. The topological polar surface area (TPSA) is 77.2 Å². The van der Waals surface area contributed by atoms with Crippen molar-refractivity contribution in [3.8, 4) is 17.2 Å². The Bertz CT molecular complexity index is 1160. The molecule has 136 valence electrons. The number of fused-ring (bicyclic) bond motifs is 1. The largest absolute Gasteiger partial charge is 0.496 e. The molecule has 2 aromatic carbocycles. The van der Waals surface area contributed by atoms with Crippen molar-refractivity contribution >= 4 is 57.2 Å². The van der Waals surface area contributed by atoms with Gasteiger partial charge in [0.25, 0.3) is 11.8 Å². The molecule has 2 aromatic heterocycles. The number of ether oxygens (including phenoxy) is 1. The van der Waals surface area contributed by atoms with Gasteiger partial charge in [-0.1, -0.05) is 52.6 Å². The zero-order chi connectivity index (χ0) is 19.0. The van der Waals surface area contributed by atoms with Crippen LogP contribution in [0.3, 0.4) is 0 Å². The van der Waals surface area contributed by atoms with Crippen LogP contribution in [0.4, 0.5) is 6.01 Å². The minimum absolute atomic E-state index is 0.0522. The van der Waals surface area contributed by atoms with Crippen LogP contribution in [0.1, 0.15) is 10.4 Å². The smallest absolute Gasteiger partial charge is 0.322 e. The predicted molar refractivity (Wildman–Crippen MR) is 106 cm³/mol. The van der Waals surface area contributed by atoms with E-state index in [2.05, 4.69) is 15.5 Å². The van der Waals surface area contributed by atoms with Gasteiger partial charge in [-0.25, -0.2) is 0 Å². The van der Waals surface area contributed by atoms with Gasteiger partial charge in [-0.3, -0.25) is 10.1 Å². The lowest BCUT2D eigenvalue weighted by Gasteiger charge is -2.09. The second-order valence-corrected chi connectivity index (χ2v) is 7.79. The summed E-state index contributed by atoms with van der Waals surface area (Å²) < 4.78 is 11.8. The van der Waals surface area contributed by atoms with Crippen molar-refractivity contribution in [1.82, 2.24) is 10.2 Å². The number of benzene rings is 2. The summed E-state index contributed by atoms with van der Waals surface area (Å²) in [5.74, 6) is 0.185. The van der Waals surface area contributed by atoms with Crippen LogP contribution >= 0.6 is 34.5 Å². The van der Waals surface area contributed by atoms with E-state index in [0.717, 1.165) is 10.8 Å². The summed E-state index contributed by atoms with van der Waals surface area (Å²) in [7, 11) is 1.51. The van der Waals surface area contributed by atoms with Crippen molar-refractivity contribution in [3.05, 3.63) is 56.7 Å². The molecule has 0 atom stereocenters. The Balaban J connectivity index is 1.63. The Morgan fingerprint density at radius 1 is 1.15 bits per heavy atom. The molecule has 0 bridgehead atoms. The van der Waals surface area contributed by atoms with Crippen LogP contribution in [0.25, 0.3) is 22.2 Å². The van der Waals surface area contributed by atoms with Gasteiger partial charge in [0.1, 0.15) is 10.1 Å². The van der Waals surface area contributed by atoms with Crippen LogP contribution in [0.15, 0.2) is 46.9 Å². The second kappa shape index (κ2) is 7.19. The summed E-state index contributed by atoms with van der Waals surface area (Å²) in [6.07, 6.45) is 0. The van der Waals surface area contributed by atoms with Crippen LogP contribution in [0.5, 0.6) is 5.75 Å². The molecular formula is C18H11Cl2N3O3S. The molecule has 1 N–H and O–H groups in total. The summed E-state index contributed by atoms with van der Waals surface area (Å²) in [5.41, 5.74) is 0.871. The minimum Gasteiger partial charge on any atom is -0.496 e. The Morgan fingerprint density at radius 3 is 2.56 bits per heavy atom. The molecule has 9 heteroatoms. The number of hydrogen-bond acceptors (Lipinski definition) is 6. The summed E-state index contributed by atoms with van der Waals surface area (Å²) in [4.78, 5) is 12.7. The molecule has 0 aliphatic heterocycles. The first-order valence-electron chi connectivity index (χ1n) is 7.72. The average Bonchev–Trinajstić information content (AvgIpc) is 3.26. The molecule has 1 amide bonds. The number of anilines is 1. The van der Waals surface area contributed by atoms with Gasteiger partial charge in [-0.15, -0.1) is 16.4 Å². The van der Waals surface area contributed by atoms with Gasteiger partial charge in [0.2, 0.25) is 0 Å². The highest BCUT2D eigenvalue weighted by Gasteiger charge is 2.19. The normalized spacial score (nSPS) is 10.9. The number of nitrogens with one attached hydrogen (secondary N) is 1. The predicted octanol–water partition coefficient (Wildman–Crippen LogP) is 5.52. The van der Waals surface area contributed by atoms with E-state index in [4.69, 9.17) is 32.4 Å². The third-order valence-corrected chi connectivity index (χ3v) is 5.33. The average molecular weight is 420 g/mol. The van der Waals surface area contributed by atoms with Crippen LogP contribution < -0.4 is 10.1 Å². The van der Waals surface area contributed by atoms with Crippen molar-refractivity contribution in [2.45, 2.75) is 0 Å². The van der Waals surface area contributed by atoms with Crippen molar-refractivity contribution in [2.75, 3.05) is 12.4 Å². The molecule has 4 rings (SSSR count). The number of carbonyl (C=O) groups is 1. The Labute approximate surface area is 167 Å². The molecule has 0 saturated heterocycles. The van der Waals surface area contributed by atoms with Crippen molar-refractivity contribution in [1.29, 1.82) is 0 Å². The number of halogens is 2. The molecule has 0 spiro atoms. The van der Waals surface area contributed by atoms with E-state index in [0.29, 0.717) is 25.5 Å². The molecule has 2 heterocycles. The van der Waals surface area contributed by atoms with Crippen molar-refractivity contribution in [2.24, 2.45) is 0 Å². The van der Waals surface area contributed by atoms with E-state index in [-0.39, 0.29) is 11.9 Å². The van der Waals surface area contributed by atoms with Crippen LogP contribution in [-0.4, -0.2) is 23.2 Å². The summed E-state index contributed by atoms with van der Waals surface area (Å²) in [6, 6.07) is 12.8. The molecule has 0 saturated carbocycles. The van der Waals surface area contributed by atoms with Gasteiger partial charge >= 0.3 is 6.01 Å². The van der Waals surface area contributed by atoms with E-state index < -0.39 is 5.91 Å². The second-order valence-electron chi connectivity index (χ2n) is 5.50. The number of methoxy groups -OCH3 is 1. The maximum atomic E-state index is 12.7. The lowest BCUT2D eigenvalue weighted by molar-refractivity contribution is 0.102. The molecule has 0 fully saturated rings. The van der Waals surface area contributed by atoms with Gasteiger partial charge in [0, 0.05) is 0 Å². The standard InChI is InChI=1S/C18H11Cl2N3O3S/c1-25-13-7-10-5-3-2-4-9(10)6-11(13)16(24)21-18-23-22-17(26-18)12-8-14(19)27-15(12)20/h2-8H,1H3,(H,21,23,24). The van der Waals surface area contributed by atoms with Crippen LogP contribution in [-0.2, 0) is 0 Å². The fraction of sp³-hybridized carbons (Fsp3) is 0.0556. The summed E-state index contributed by atoms with van der Waals surface area (Å²) >= 11 is 13.2. The highest BCUT2D eigenvalue weighted by atomic mass is 35.5. The fourth-order valence-corrected chi connectivity index (χ4v) is 4.05. The van der Waals surface area contributed by atoms with E-state index in [1.165, 1.54) is 18.4 Å². The van der Waals surface area contributed by atoms with Gasteiger partial charge in [-0.2, -0.15) is 0 Å². The third kappa shape index (κ3) is 3.49. The number of hydrogen-bond donors (Lipinski definition) is 1. The maximum absolute atomic E-state index is 12.7. The number of aromatic nitrogens is 2. The highest BCUT2D eigenvalue weighted by molar-refractivity contribution is 7.20. The SMILES string of the molecule is COc1cc2ccccc2cc1C(=O)Nc1nnc(-c2cc(Cl)sc2Cl)o1. The number of amides is 1. The van der Waals surface area contributed by atoms with E-state index in [9.17, 15) is 4.79 Å². The first-order chi connectivity index (χ1) is 13.0. The monoisotopic (exact) mass is 419 g/mol. The first-order valence-corrected chi connectivity index (χ1v) is 9.29. The van der Waals surface area contributed by atoms with Gasteiger partial charge in [0.05, 0.1) is 22.6 Å². The zero-order valence-electron chi connectivity index (χ0n) is 13.8. The van der Waals surface area contributed by atoms with Crippen LogP contribution in [0.2, 0.25) is 8.67 Å². The number of carbonyl (C=O) groups excluding carboxylic acids is 1. The van der Waals surface area contributed by atoms with E-state index in [1.54, 1.807) is 18.2 Å². The number of rotatable bonds is 4. The molecule has 27 heavy (non-hydrogen) atoms. The van der Waals surface area contributed by atoms with E-state index >= 15 is 0 Å². The lowest BCUT2D eigenvalue weighted by Crippen LogP contribution is -2.13. The number of nitrogens with zero attached hydrogens (tertiary/aromatic N) is 2. The first kappa shape index (κ1) is 17.8. The number of thiophene rings is 1. The summed E-state index contributed by atoms with van der Waals surface area (Å²) in [5, 5.41) is 12.2. The van der Waals surface area contributed by atoms with Crippen molar-refractivity contribution in [3.63, 3.8) is 0 Å². The molecule has 0 aliphatic rings. The van der Waals surface area contributed by atoms with Crippen LogP contribution in [0, 0.1) is 0 Å². The molecule has 4 aromatic rings. The Hall–Kier alpha value is -2.61. The van der Waals surface area contributed by atoms with Gasteiger partial charge in [-0.05, 0) is 29.0 Å². The Morgan fingerprint density at radius 2 is 1.89 bits per heavy atom. The third-order valence-electron chi connectivity index (χ3n) is 3.84. The van der Waals surface area contributed by atoms with Gasteiger partial charge < -0.3 is 9.15 Å². The molecule has 0 radical (unpaired) electrons. The lowest BCUT2D eigenvalue weighted by atomic mass is 10.1. The maximum Gasteiger partial charge on any atom is 0.322 e. The quantitative estimate of drug-likeness (QED) is 0.471. The fourth-order valence-electron chi connectivity index (χ4n) is 2.60. The highest BCUT2D eigenvalue weighted by Crippen LogP contribution is 2.38. The summed E-state index contributed by atoms with van der Waals surface area (Å²) in [6.45, 7) is 0. The van der Waals surface area contributed by atoms with Gasteiger partial charge in [0.15, 0.2) is 0 Å². The zero-order valence-corrected chi connectivity index (χ0v) is 16.2.